The highest BCUT2D eigenvalue weighted by molar-refractivity contribution is 5.55. The molecule has 2 heterocycles. The molecule has 1 saturated carbocycles. The maximum absolute atomic E-state index is 12.1. The van der Waals surface area contributed by atoms with Gasteiger partial charge in [-0.1, -0.05) is 51.2 Å². The van der Waals surface area contributed by atoms with E-state index < -0.39 is 0 Å². The Balaban J connectivity index is 0.000000290. The van der Waals surface area contributed by atoms with Crippen molar-refractivity contribution in [2.75, 3.05) is 31.2 Å². The molecule has 2 aliphatic rings. The highest BCUT2D eigenvalue weighted by Gasteiger charge is 2.10. The van der Waals surface area contributed by atoms with E-state index in [-0.39, 0.29) is 5.56 Å². The maximum atomic E-state index is 12.1. The first-order valence-electron chi connectivity index (χ1n) is 10.9. The Kier molecular flexibility index (Phi) is 7.76. The molecule has 1 aliphatic heterocycles. The van der Waals surface area contributed by atoms with Gasteiger partial charge in [0.25, 0.3) is 5.56 Å². The number of oxazole rings is 1. The van der Waals surface area contributed by atoms with Crippen molar-refractivity contribution in [1.29, 1.82) is 0 Å². The molecule has 2 aromatic rings. The van der Waals surface area contributed by atoms with E-state index in [2.05, 4.69) is 30.5 Å². The predicted octanol–water partition coefficient (Wildman–Crippen LogP) is 3.12. The lowest BCUT2D eigenvalue weighted by Gasteiger charge is -2.28. The monoisotopic (exact) mass is 398 g/mol. The van der Waals surface area contributed by atoms with Gasteiger partial charge in [-0.15, -0.1) is 0 Å². The van der Waals surface area contributed by atoms with Crippen LogP contribution in [0.2, 0.25) is 0 Å². The van der Waals surface area contributed by atoms with Crippen LogP contribution in [-0.2, 0) is 11.3 Å². The predicted molar refractivity (Wildman–Crippen MR) is 119 cm³/mol. The highest BCUT2D eigenvalue weighted by atomic mass is 16.5. The van der Waals surface area contributed by atoms with Crippen molar-refractivity contribution in [1.82, 2.24) is 4.57 Å². The molecule has 0 unspecified atom stereocenters. The molecule has 0 atom stereocenters. The zero-order valence-electron chi connectivity index (χ0n) is 17.9. The third kappa shape index (κ3) is 5.86. The quantitative estimate of drug-likeness (QED) is 0.797. The van der Waals surface area contributed by atoms with Crippen LogP contribution in [0, 0.1) is 5.92 Å². The van der Waals surface area contributed by atoms with Crippen LogP contribution < -0.4 is 21.4 Å². The largest absolute Gasteiger partial charge is 0.436 e. The molecule has 29 heavy (non-hydrogen) atoms. The minimum absolute atomic E-state index is 0.134. The Labute approximate surface area is 173 Å². The second kappa shape index (κ2) is 10.5. The summed E-state index contributed by atoms with van der Waals surface area (Å²) < 4.78 is 12.3. The number of ether oxygens (including phenoxy) is 1. The van der Waals surface area contributed by atoms with E-state index in [1.807, 2.05) is 19.1 Å². The van der Waals surface area contributed by atoms with Crippen LogP contribution in [0.3, 0.4) is 0 Å². The summed E-state index contributed by atoms with van der Waals surface area (Å²) in [5.74, 6) is 1.04. The van der Waals surface area contributed by atoms with Crippen molar-refractivity contribution in [3.05, 3.63) is 51.1 Å². The fourth-order valence-corrected chi connectivity index (χ4v) is 3.94. The minimum atomic E-state index is -0.134. The molecule has 5 heteroatoms. The van der Waals surface area contributed by atoms with Gasteiger partial charge in [-0.3, -0.25) is 9.36 Å². The Bertz CT molecular complexity index is 915. The number of nitrogens with zero attached hydrogens (tertiary/aromatic N) is 2. The van der Waals surface area contributed by atoms with Gasteiger partial charge in [0.05, 0.1) is 13.2 Å². The van der Waals surface area contributed by atoms with Crippen molar-refractivity contribution in [3.8, 4) is 0 Å². The average Bonchev–Trinajstić information content (AvgIpc) is 3.02. The molecule has 1 aromatic carbocycles. The van der Waals surface area contributed by atoms with Gasteiger partial charge in [-0.2, -0.15) is 0 Å². The summed E-state index contributed by atoms with van der Waals surface area (Å²) in [6, 6.07) is 8.10. The molecule has 0 radical (unpaired) electrons. The molecule has 158 valence electrons. The average molecular weight is 399 g/mol. The first-order valence-corrected chi connectivity index (χ1v) is 10.9. The molecule has 5 nitrogen and oxygen atoms in total. The SMILES string of the molecule is C=c1o/c(=C/c2ccc(N3CCOCC3)cc2)c(=O)n1CC.CC1CCCCC1. The van der Waals surface area contributed by atoms with Crippen molar-refractivity contribution in [3.63, 3.8) is 0 Å². The van der Waals surface area contributed by atoms with Crippen molar-refractivity contribution in [2.24, 2.45) is 5.92 Å². The summed E-state index contributed by atoms with van der Waals surface area (Å²) in [6.07, 6.45) is 9.19. The molecular weight excluding hydrogens is 364 g/mol. The van der Waals surface area contributed by atoms with E-state index in [1.54, 1.807) is 6.08 Å². The van der Waals surface area contributed by atoms with E-state index in [0.717, 1.165) is 37.8 Å². The Morgan fingerprint density at radius 3 is 2.28 bits per heavy atom. The van der Waals surface area contributed by atoms with Gasteiger partial charge in [-0.25, -0.2) is 0 Å². The lowest BCUT2D eigenvalue weighted by atomic mass is 9.91. The van der Waals surface area contributed by atoms with Crippen LogP contribution >= 0.6 is 0 Å². The van der Waals surface area contributed by atoms with E-state index in [0.29, 0.717) is 17.5 Å². The van der Waals surface area contributed by atoms with Crippen molar-refractivity contribution >= 4 is 18.3 Å². The molecule has 0 amide bonds. The Morgan fingerprint density at radius 2 is 1.76 bits per heavy atom. The van der Waals surface area contributed by atoms with Gasteiger partial charge in [0.2, 0.25) is 0 Å². The third-order valence-electron chi connectivity index (χ3n) is 5.76. The van der Waals surface area contributed by atoms with Crippen LogP contribution in [0.1, 0.15) is 51.5 Å². The van der Waals surface area contributed by atoms with Gasteiger partial charge < -0.3 is 14.1 Å². The number of rotatable bonds is 3. The number of hydrogen-bond acceptors (Lipinski definition) is 4. The topological polar surface area (TPSA) is 47.6 Å². The Morgan fingerprint density at radius 1 is 1.10 bits per heavy atom. The van der Waals surface area contributed by atoms with E-state index in [9.17, 15) is 4.79 Å². The number of morpholine rings is 1. The zero-order chi connectivity index (χ0) is 20.6. The molecule has 1 saturated heterocycles. The van der Waals surface area contributed by atoms with Gasteiger partial charge in [-0.05, 0) is 43.2 Å². The third-order valence-corrected chi connectivity index (χ3v) is 5.76. The molecule has 1 aromatic heterocycles. The molecular formula is C24H34N2O3. The molecule has 0 spiro atoms. The number of aromatic nitrogens is 1. The molecule has 2 fully saturated rings. The number of hydrogen-bond donors (Lipinski definition) is 0. The number of anilines is 1. The van der Waals surface area contributed by atoms with Crippen LogP contribution in [0.4, 0.5) is 5.69 Å². The molecule has 0 bridgehead atoms. The summed E-state index contributed by atoms with van der Waals surface area (Å²) in [5.41, 5.74) is 2.69. The summed E-state index contributed by atoms with van der Waals surface area (Å²) >= 11 is 0. The second-order valence-corrected chi connectivity index (χ2v) is 7.99. The number of benzene rings is 1. The van der Waals surface area contributed by atoms with Crippen molar-refractivity contribution < 1.29 is 9.15 Å². The van der Waals surface area contributed by atoms with Crippen LogP contribution in [0.25, 0.3) is 12.7 Å². The fourth-order valence-electron chi connectivity index (χ4n) is 3.94. The van der Waals surface area contributed by atoms with E-state index in [1.165, 1.54) is 42.4 Å². The smallest absolute Gasteiger partial charge is 0.296 e. The Hall–Kier alpha value is -2.27. The van der Waals surface area contributed by atoms with E-state index in [4.69, 9.17) is 9.15 Å². The molecule has 4 rings (SSSR count). The highest BCUT2D eigenvalue weighted by Crippen LogP contribution is 2.22. The van der Waals surface area contributed by atoms with Gasteiger partial charge in [0, 0.05) is 25.3 Å². The van der Waals surface area contributed by atoms with Crippen molar-refractivity contribution in [2.45, 2.75) is 52.5 Å². The van der Waals surface area contributed by atoms with Crippen LogP contribution in [0.15, 0.2) is 33.5 Å². The minimum Gasteiger partial charge on any atom is -0.436 e. The molecule has 0 N–H and O–H groups in total. The van der Waals surface area contributed by atoms with Crippen LogP contribution in [-0.4, -0.2) is 30.9 Å². The summed E-state index contributed by atoms with van der Waals surface area (Å²) in [4.78, 5) is 14.4. The maximum Gasteiger partial charge on any atom is 0.296 e. The van der Waals surface area contributed by atoms with Gasteiger partial charge in [0.1, 0.15) is 0 Å². The van der Waals surface area contributed by atoms with Gasteiger partial charge >= 0.3 is 0 Å². The zero-order valence-corrected chi connectivity index (χ0v) is 17.9. The summed E-state index contributed by atoms with van der Waals surface area (Å²) in [5, 5.41) is 0. The molecule has 1 aliphatic carbocycles. The lowest BCUT2D eigenvalue weighted by molar-refractivity contribution is 0.122. The fraction of sp³-hybridized carbons (Fsp3) is 0.542. The first-order chi connectivity index (χ1) is 14.1. The normalized spacial score (nSPS) is 18.4. The van der Waals surface area contributed by atoms with E-state index >= 15 is 0 Å². The summed E-state index contributed by atoms with van der Waals surface area (Å²) in [7, 11) is 0. The summed E-state index contributed by atoms with van der Waals surface area (Å²) in [6.45, 7) is 11.9. The van der Waals surface area contributed by atoms with Crippen LogP contribution in [0.5, 0.6) is 0 Å². The second-order valence-electron chi connectivity index (χ2n) is 7.99. The lowest BCUT2D eigenvalue weighted by Crippen LogP contribution is -2.36. The standard InChI is InChI=1S/C17H20N2O3.C7H14/c1-3-19-13(2)22-16(17(19)20)12-14-4-6-15(7-5-14)18-8-10-21-11-9-18;1-7-5-3-2-4-6-7/h4-7,12H,2-3,8-11H2,1H3;7H,2-6H2,1H3/b16-12+;. The first kappa shape index (κ1) is 21.4. The van der Waals surface area contributed by atoms with Gasteiger partial charge in [0.15, 0.2) is 11.0 Å².